The first-order valence-electron chi connectivity index (χ1n) is 17.8. The van der Waals surface area contributed by atoms with E-state index < -0.39 is 29.3 Å². The van der Waals surface area contributed by atoms with E-state index in [2.05, 4.69) is 37.8 Å². The Morgan fingerprint density at radius 1 is 1.04 bits per heavy atom. The Bertz CT molecular complexity index is 1940. The third-order valence-electron chi connectivity index (χ3n) is 10.4. The van der Waals surface area contributed by atoms with Crippen LogP contribution in [0.3, 0.4) is 0 Å². The molecule has 2 aromatic heterocycles. The van der Waals surface area contributed by atoms with Crippen LogP contribution in [0.2, 0.25) is 5.02 Å². The van der Waals surface area contributed by atoms with Crippen LogP contribution in [-0.2, 0) is 35.4 Å². The Kier molecular flexibility index (Phi) is 12.7. The highest BCUT2D eigenvalue weighted by Gasteiger charge is 2.46. The molecule has 0 saturated heterocycles. The number of halogens is 3. The zero-order valence-electron chi connectivity index (χ0n) is 30.0. The van der Waals surface area contributed by atoms with Gasteiger partial charge in [0.05, 0.1) is 21.6 Å². The fraction of sp³-hybridized carbons (Fsp3) is 0.400. The van der Waals surface area contributed by atoms with Gasteiger partial charge in [0.25, 0.3) is 0 Å². The van der Waals surface area contributed by atoms with Gasteiger partial charge in [0.1, 0.15) is 23.2 Å². The molecule has 0 radical (unpaired) electrons. The molecule has 0 aliphatic heterocycles. The minimum atomic E-state index is -1.42. The van der Waals surface area contributed by atoms with E-state index >= 15 is 0 Å². The van der Waals surface area contributed by atoms with Gasteiger partial charge >= 0.3 is 0 Å². The number of amides is 2. The lowest BCUT2D eigenvalue weighted by molar-refractivity contribution is -0.136. The third-order valence-corrected chi connectivity index (χ3v) is 10.9. The topological polar surface area (TPSA) is 111 Å². The summed E-state index contributed by atoms with van der Waals surface area (Å²) < 4.78 is 29.2. The van der Waals surface area contributed by atoms with Crippen LogP contribution in [0.5, 0.6) is 0 Å². The Labute approximate surface area is 314 Å². The smallest absolute Gasteiger partial charge is 0.246 e. The van der Waals surface area contributed by atoms with Gasteiger partial charge in [-0.15, -0.1) is 0 Å². The number of carbonyl (C=O) groups excluding carboxylic acids is 2. The number of aryl methyl sites for hydroxylation is 1. The van der Waals surface area contributed by atoms with Crippen molar-refractivity contribution in [3.05, 3.63) is 112 Å². The number of rotatable bonds is 15. The van der Waals surface area contributed by atoms with Crippen LogP contribution in [0.15, 0.2) is 73.2 Å². The first kappa shape index (κ1) is 38.9. The Hall–Kier alpha value is -4.35. The number of hydrogen-bond acceptors (Lipinski definition) is 5. The largest absolute Gasteiger partial charge is 0.383 e. The number of nitrogens with one attached hydrogen (secondary N) is 5. The molecule has 0 bridgehead atoms. The minimum Gasteiger partial charge on any atom is -0.383 e. The number of nitrogens with zero attached hydrogens (tertiary/aromatic N) is 1. The molecule has 2 heterocycles. The van der Waals surface area contributed by atoms with Crippen LogP contribution in [-0.4, -0.2) is 44.4 Å². The second kappa shape index (κ2) is 17.0. The van der Waals surface area contributed by atoms with Crippen molar-refractivity contribution in [2.45, 2.75) is 90.4 Å². The monoisotopic (exact) mass is 748 g/mol. The van der Waals surface area contributed by atoms with Crippen molar-refractivity contribution in [1.82, 2.24) is 31.2 Å². The summed E-state index contributed by atoms with van der Waals surface area (Å²) in [5.41, 5.74) is 2.78. The van der Waals surface area contributed by atoms with Gasteiger partial charge in [-0.3, -0.25) is 14.6 Å². The summed E-state index contributed by atoms with van der Waals surface area (Å²) in [5, 5.41) is 13.8. The number of pyridine rings is 1. The van der Waals surface area contributed by atoms with E-state index in [1.165, 1.54) is 18.2 Å². The van der Waals surface area contributed by atoms with Crippen molar-refractivity contribution in [3.8, 4) is 0 Å². The molecule has 2 aromatic carbocycles. The van der Waals surface area contributed by atoms with Crippen LogP contribution in [0.4, 0.5) is 8.78 Å². The minimum absolute atomic E-state index is 0.000399. The average molecular weight is 749 g/mol. The molecule has 276 valence electrons. The van der Waals surface area contributed by atoms with E-state index in [9.17, 15) is 18.4 Å². The number of carbonyl (C=O) groups is 2. The number of aromatic amines is 1. The molecule has 1 aliphatic carbocycles. The fourth-order valence-electron chi connectivity index (χ4n) is 6.80. The second-order valence-electron chi connectivity index (χ2n) is 13.9. The number of benzene rings is 2. The SMILES string of the molecule is C=C(NCc1ccncc1)[C@@H](NC(=O)[C@@]1(NC(=O)[C@@H](NC(=S)Cc2ccccc2F)C(C)CC)CCc2[nH]c3c(Cl)cc(F)cc3c2C1)C(C)CC. The number of fused-ring (bicyclic) bond motifs is 3. The molecule has 0 fully saturated rings. The average Bonchev–Trinajstić information content (AvgIpc) is 3.50. The number of aromatic nitrogens is 2. The van der Waals surface area contributed by atoms with E-state index in [0.717, 1.165) is 23.2 Å². The Morgan fingerprint density at radius 3 is 2.42 bits per heavy atom. The van der Waals surface area contributed by atoms with Crippen LogP contribution < -0.4 is 21.3 Å². The van der Waals surface area contributed by atoms with E-state index in [0.29, 0.717) is 46.5 Å². The number of H-pyrrole nitrogens is 1. The van der Waals surface area contributed by atoms with Gasteiger partial charge in [0, 0.05) is 48.6 Å². The molecule has 5 rings (SSSR count). The quantitative estimate of drug-likeness (QED) is 0.0820. The Balaban J connectivity index is 1.47. The molecule has 2 unspecified atom stereocenters. The van der Waals surface area contributed by atoms with Gasteiger partial charge in [-0.05, 0) is 71.7 Å². The molecule has 5 N–H and O–H groups in total. The third kappa shape index (κ3) is 8.81. The van der Waals surface area contributed by atoms with Crippen molar-refractivity contribution in [1.29, 1.82) is 0 Å². The van der Waals surface area contributed by atoms with Crippen molar-refractivity contribution in [2.75, 3.05) is 0 Å². The Morgan fingerprint density at radius 2 is 1.73 bits per heavy atom. The molecule has 12 heteroatoms. The van der Waals surface area contributed by atoms with Crippen molar-refractivity contribution in [2.24, 2.45) is 11.8 Å². The van der Waals surface area contributed by atoms with E-state index in [-0.39, 0.29) is 47.8 Å². The maximum atomic E-state index is 14.8. The van der Waals surface area contributed by atoms with Crippen LogP contribution >= 0.6 is 23.8 Å². The molecular weight excluding hydrogens is 702 g/mol. The molecule has 52 heavy (non-hydrogen) atoms. The van der Waals surface area contributed by atoms with E-state index in [4.69, 9.17) is 23.8 Å². The van der Waals surface area contributed by atoms with Gasteiger partial charge in [-0.1, -0.05) is 89.1 Å². The predicted octanol–water partition coefficient (Wildman–Crippen LogP) is 7.25. The van der Waals surface area contributed by atoms with Gasteiger partial charge in [-0.25, -0.2) is 8.78 Å². The van der Waals surface area contributed by atoms with Crippen molar-refractivity contribution < 1.29 is 18.4 Å². The van der Waals surface area contributed by atoms with Crippen molar-refractivity contribution >= 4 is 51.5 Å². The summed E-state index contributed by atoms with van der Waals surface area (Å²) in [7, 11) is 0. The highest BCUT2D eigenvalue weighted by atomic mass is 35.5. The summed E-state index contributed by atoms with van der Waals surface area (Å²) in [6, 6.07) is 11.6. The maximum absolute atomic E-state index is 14.8. The molecule has 2 amide bonds. The van der Waals surface area contributed by atoms with Gasteiger partial charge < -0.3 is 26.3 Å². The number of thiocarbonyl (C=S) groups is 1. The normalized spacial score (nSPS) is 17.7. The summed E-state index contributed by atoms with van der Waals surface area (Å²) in [6.45, 7) is 12.8. The summed E-state index contributed by atoms with van der Waals surface area (Å²) in [6.07, 6.45) is 5.70. The fourth-order valence-corrected chi connectivity index (χ4v) is 7.33. The zero-order valence-corrected chi connectivity index (χ0v) is 31.6. The number of hydrogen-bond donors (Lipinski definition) is 5. The van der Waals surface area contributed by atoms with E-state index in [1.807, 2.05) is 39.8 Å². The van der Waals surface area contributed by atoms with Crippen molar-refractivity contribution in [3.63, 3.8) is 0 Å². The summed E-state index contributed by atoms with van der Waals surface area (Å²) in [5.74, 6) is -1.86. The highest BCUT2D eigenvalue weighted by molar-refractivity contribution is 7.80. The molecular formula is C40H47ClF2N6O2S. The first-order chi connectivity index (χ1) is 24.8. The molecule has 8 nitrogen and oxygen atoms in total. The molecule has 0 spiro atoms. The van der Waals surface area contributed by atoms with Gasteiger partial charge in [-0.2, -0.15) is 0 Å². The standard InChI is InChI=1S/C40H47ClF2N6O2S/c1-6-23(3)35(25(5)45-22-26-13-16-44-17-14-26)48-39(51)40(15-12-33-30(21-40)29-19-28(42)20-31(41)37(29)46-33)49-38(50)36(24(4)7-2)47-34(52)18-27-10-8-9-11-32(27)43/h8-11,13-14,16-17,19-20,23-24,35-36,45-46H,5-7,12,15,18,21-22H2,1-4H3,(H,47,52)(H,48,51)(H,49,50)/t23?,24?,35-,36-,40+/m0/s1. The van der Waals surface area contributed by atoms with Crippen LogP contribution in [0, 0.1) is 23.5 Å². The predicted molar refractivity (Wildman–Crippen MR) is 207 cm³/mol. The molecule has 0 saturated carbocycles. The molecule has 5 atom stereocenters. The lowest BCUT2D eigenvalue weighted by Crippen LogP contribution is -2.66. The van der Waals surface area contributed by atoms with Crippen LogP contribution in [0.25, 0.3) is 10.9 Å². The first-order valence-corrected chi connectivity index (χ1v) is 18.6. The summed E-state index contributed by atoms with van der Waals surface area (Å²) in [4.78, 5) is 37.0. The van der Waals surface area contributed by atoms with Gasteiger partial charge in [0.15, 0.2) is 0 Å². The lowest BCUT2D eigenvalue weighted by atomic mass is 9.78. The molecule has 4 aromatic rings. The lowest BCUT2D eigenvalue weighted by Gasteiger charge is -2.40. The van der Waals surface area contributed by atoms with Gasteiger partial charge in [0.2, 0.25) is 11.8 Å². The summed E-state index contributed by atoms with van der Waals surface area (Å²) >= 11 is 12.1. The highest BCUT2D eigenvalue weighted by Crippen LogP contribution is 2.37. The second-order valence-corrected chi connectivity index (χ2v) is 14.8. The van der Waals surface area contributed by atoms with E-state index in [1.54, 1.807) is 30.6 Å². The maximum Gasteiger partial charge on any atom is 0.246 e. The van der Waals surface area contributed by atoms with Crippen LogP contribution in [0.1, 0.15) is 69.3 Å². The molecule has 1 aliphatic rings. The zero-order chi connectivity index (χ0) is 37.6.